The lowest BCUT2D eigenvalue weighted by Gasteiger charge is -2.08. The standard InChI is InChI=1S/C16H9N3O3/c17-8-10-1-4-12(5-2-10)19-15(20)14-7-11(9-18)3-6-13(14)16(21)22/h1-7H,(H,19,20)(H,21,22). The molecular formula is C16H9N3O3. The first-order valence-corrected chi connectivity index (χ1v) is 6.14. The van der Waals surface area contributed by atoms with Gasteiger partial charge in [-0.15, -0.1) is 0 Å². The molecule has 0 bridgehead atoms. The smallest absolute Gasteiger partial charge is 0.336 e. The Morgan fingerprint density at radius 1 is 0.909 bits per heavy atom. The second-order valence-electron chi connectivity index (χ2n) is 4.32. The van der Waals surface area contributed by atoms with Gasteiger partial charge in [-0.2, -0.15) is 10.5 Å². The number of carboxylic acid groups (broad SMARTS) is 1. The van der Waals surface area contributed by atoms with Crippen molar-refractivity contribution in [2.24, 2.45) is 0 Å². The molecule has 0 unspecified atom stereocenters. The normalized spacial score (nSPS) is 9.36. The average Bonchev–Trinajstić information content (AvgIpc) is 2.54. The van der Waals surface area contributed by atoms with Crippen LogP contribution in [0.4, 0.5) is 5.69 Å². The molecule has 2 N–H and O–H groups in total. The Morgan fingerprint density at radius 3 is 2.05 bits per heavy atom. The van der Waals surface area contributed by atoms with Gasteiger partial charge in [-0.25, -0.2) is 4.79 Å². The first-order valence-electron chi connectivity index (χ1n) is 6.14. The number of benzene rings is 2. The summed E-state index contributed by atoms with van der Waals surface area (Å²) in [6.45, 7) is 0. The van der Waals surface area contributed by atoms with Crippen LogP contribution in [0.25, 0.3) is 0 Å². The van der Waals surface area contributed by atoms with Crippen molar-refractivity contribution < 1.29 is 14.7 Å². The number of hydrogen-bond acceptors (Lipinski definition) is 4. The monoisotopic (exact) mass is 291 g/mol. The molecule has 1 amide bonds. The molecule has 0 aliphatic rings. The van der Waals surface area contributed by atoms with Crippen LogP contribution in [0.5, 0.6) is 0 Å². The van der Waals surface area contributed by atoms with E-state index < -0.39 is 11.9 Å². The molecule has 0 saturated heterocycles. The maximum absolute atomic E-state index is 12.2. The molecule has 0 radical (unpaired) electrons. The van der Waals surface area contributed by atoms with Crippen LogP contribution in [0, 0.1) is 22.7 Å². The van der Waals surface area contributed by atoms with Gasteiger partial charge in [0.15, 0.2) is 0 Å². The van der Waals surface area contributed by atoms with E-state index in [2.05, 4.69) is 5.32 Å². The molecular weight excluding hydrogens is 282 g/mol. The fraction of sp³-hybridized carbons (Fsp3) is 0. The SMILES string of the molecule is N#Cc1ccc(NC(=O)c2cc(C#N)ccc2C(=O)O)cc1. The fourth-order valence-corrected chi connectivity index (χ4v) is 1.81. The van der Waals surface area contributed by atoms with Crippen molar-refractivity contribution in [2.75, 3.05) is 5.32 Å². The van der Waals surface area contributed by atoms with E-state index in [1.54, 1.807) is 0 Å². The van der Waals surface area contributed by atoms with Gasteiger partial charge in [0.2, 0.25) is 0 Å². The van der Waals surface area contributed by atoms with Crippen LogP contribution in [-0.2, 0) is 0 Å². The first kappa shape index (κ1) is 14.8. The van der Waals surface area contributed by atoms with Crippen LogP contribution in [0.2, 0.25) is 0 Å². The van der Waals surface area contributed by atoms with E-state index >= 15 is 0 Å². The van der Waals surface area contributed by atoms with Crippen LogP contribution >= 0.6 is 0 Å². The maximum atomic E-state index is 12.2. The summed E-state index contributed by atoms with van der Waals surface area (Å²) < 4.78 is 0. The van der Waals surface area contributed by atoms with Gasteiger partial charge < -0.3 is 10.4 Å². The molecule has 2 aromatic rings. The summed E-state index contributed by atoms with van der Waals surface area (Å²) in [5.41, 5.74) is 0.759. The summed E-state index contributed by atoms with van der Waals surface area (Å²) in [5.74, 6) is -1.89. The van der Waals surface area contributed by atoms with Crippen molar-refractivity contribution in [2.45, 2.75) is 0 Å². The van der Waals surface area contributed by atoms with Gasteiger partial charge in [-0.05, 0) is 42.5 Å². The Bertz CT molecular complexity index is 827. The average molecular weight is 291 g/mol. The minimum atomic E-state index is -1.26. The Balaban J connectivity index is 2.34. The van der Waals surface area contributed by atoms with Crippen LogP contribution in [0.3, 0.4) is 0 Å². The van der Waals surface area contributed by atoms with E-state index in [0.29, 0.717) is 11.3 Å². The molecule has 0 fully saturated rings. The predicted octanol–water partition coefficient (Wildman–Crippen LogP) is 2.38. The van der Waals surface area contributed by atoms with Crippen LogP contribution < -0.4 is 5.32 Å². The van der Waals surface area contributed by atoms with Crippen molar-refractivity contribution in [3.63, 3.8) is 0 Å². The largest absolute Gasteiger partial charge is 0.478 e. The number of carbonyl (C=O) groups excluding carboxylic acids is 1. The maximum Gasteiger partial charge on any atom is 0.336 e. The number of amides is 1. The molecule has 0 aromatic heterocycles. The van der Waals surface area contributed by atoms with Gasteiger partial charge in [-0.3, -0.25) is 4.79 Å². The van der Waals surface area contributed by atoms with Gasteiger partial charge in [-0.1, -0.05) is 0 Å². The number of aromatic carboxylic acids is 1. The summed E-state index contributed by atoms with van der Waals surface area (Å²) in [4.78, 5) is 23.4. The molecule has 0 atom stereocenters. The molecule has 0 aliphatic heterocycles. The zero-order valence-corrected chi connectivity index (χ0v) is 11.2. The van der Waals surface area contributed by atoms with E-state index in [1.807, 2.05) is 12.1 Å². The number of nitriles is 2. The highest BCUT2D eigenvalue weighted by Gasteiger charge is 2.17. The topological polar surface area (TPSA) is 114 Å². The van der Waals surface area contributed by atoms with E-state index in [1.165, 1.54) is 42.5 Å². The number of rotatable bonds is 3. The minimum Gasteiger partial charge on any atom is -0.478 e. The van der Waals surface area contributed by atoms with Crippen LogP contribution in [0.1, 0.15) is 31.8 Å². The highest BCUT2D eigenvalue weighted by atomic mass is 16.4. The lowest BCUT2D eigenvalue weighted by atomic mass is 10.0. The molecule has 6 heteroatoms. The van der Waals surface area contributed by atoms with Crippen molar-refractivity contribution in [3.05, 3.63) is 64.7 Å². The van der Waals surface area contributed by atoms with E-state index in [0.717, 1.165) is 0 Å². The molecule has 0 spiro atoms. The number of hydrogen-bond donors (Lipinski definition) is 2. The van der Waals surface area contributed by atoms with Crippen molar-refractivity contribution in [1.82, 2.24) is 0 Å². The molecule has 0 heterocycles. The number of nitrogens with one attached hydrogen (secondary N) is 1. The lowest BCUT2D eigenvalue weighted by molar-refractivity contribution is 0.0692. The van der Waals surface area contributed by atoms with Gasteiger partial charge in [0.25, 0.3) is 5.91 Å². The third kappa shape index (κ3) is 3.09. The number of nitrogens with zero attached hydrogens (tertiary/aromatic N) is 2. The second-order valence-corrected chi connectivity index (χ2v) is 4.32. The molecule has 0 aliphatic carbocycles. The summed E-state index contributed by atoms with van der Waals surface area (Å²) in [6, 6.07) is 13.7. The summed E-state index contributed by atoms with van der Waals surface area (Å²) >= 11 is 0. The van der Waals surface area contributed by atoms with Crippen LogP contribution in [0.15, 0.2) is 42.5 Å². The summed E-state index contributed by atoms with van der Waals surface area (Å²) in [5, 5.41) is 29.2. The zero-order valence-electron chi connectivity index (χ0n) is 11.2. The Labute approximate surface area is 125 Å². The van der Waals surface area contributed by atoms with Crippen molar-refractivity contribution >= 4 is 17.6 Å². The van der Waals surface area contributed by atoms with Crippen molar-refractivity contribution in [1.29, 1.82) is 10.5 Å². The first-order chi connectivity index (χ1) is 10.5. The second kappa shape index (κ2) is 6.21. The van der Waals surface area contributed by atoms with Gasteiger partial charge >= 0.3 is 5.97 Å². The van der Waals surface area contributed by atoms with E-state index in [9.17, 15) is 9.59 Å². The quantitative estimate of drug-likeness (QED) is 0.901. The Kier molecular flexibility index (Phi) is 4.17. The van der Waals surface area contributed by atoms with Crippen molar-refractivity contribution in [3.8, 4) is 12.1 Å². The number of anilines is 1. The molecule has 106 valence electrons. The predicted molar refractivity (Wildman–Crippen MR) is 77.2 cm³/mol. The number of carbonyl (C=O) groups is 2. The Hall–Kier alpha value is -3.64. The third-order valence-corrected chi connectivity index (χ3v) is 2.90. The van der Waals surface area contributed by atoms with Crippen LogP contribution in [-0.4, -0.2) is 17.0 Å². The minimum absolute atomic E-state index is 0.101. The molecule has 22 heavy (non-hydrogen) atoms. The summed E-state index contributed by atoms with van der Waals surface area (Å²) in [6.07, 6.45) is 0. The Morgan fingerprint density at radius 2 is 1.50 bits per heavy atom. The third-order valence-electron chi connectivity index (χ3n) is 2.90. The van der Waals surface area contributed by atoms with Gasteiger partial charge in [0.05, 0.1) is 34.4 Å². The molecule has 2 aromatic carbocycles. The highest BCUT2D eigenvalue weighted by Crippen LogP contribution is 2.16. The molecule has 6 nitrogen and oxygen atoms in total. The fourth-order valence-electron chi connectivity index (χ4n) is 1.81. The summed E-state index contributed by atoms with van der Waals surface area (Å²) in [7, 11) is 0. The van der Waals surface area contributed by atoms with E-state index in [4.69, 9.17) is 15.6 Å². The van der Waals surface area contributed by atoms with Gasteiger partial charge in [0, 0.05) is 5.69 Å². The van der Waals surface area contributed by atoms with Gasteiger partial charge in [0.1, 0.15) is 0 Å². The highest BCUT2D eigenvalue weighted by molar-refractivity contribution is 6.10. The van der Waals surface area contributed by atoms with E-state index in [-0.39, 0.29) is 16.7 Å². The molecule has 2 rings (SSSR count). The number of carboxylic acids is 1. The lowest BCUT2D eigenvalue weighted by Crippen LogP contribution is -2.16. The molecule has 0 saturated carbocycles. The zero-order chi connectivity index (χ0) is 16.1.